The molecule has 1 aliphatic rings. The Labute approximate surface area is 218 Å². The second-order valence-electron chi connectivity index (χ2n) is 12.3. The number of carbonyl (C=O) groups is 2. The number of esters is 1. The molecule has 1 N–H and O–H groups in total. The molecule has 1 aromatic rings. The number of amides is 1. The highest BCUT2D eigenvalue weighted by molar-refractivity contribution is 6.74. The van der Waals surface area contributed by atoms with E-state index in [2.05, 4.69) is 39.2 Å². The van der Waals surface area contributed by atoms with Crippen LogP contribution in [0.25, 0.3) is 0 Å². The first-order valence-electron chi connectivity index (χ1n) is 13.1. The SMILES string of the molecule is C[C@@H]1OC(=O)[C@@H](NC(=O)OC(C)(C)C)CCC[C@H](CCO[Si](C)(C)C(C)(C)C)[C@H]1Oc1ccccc1. The lowest BCUT2D eigenvalue weighted by atomic mass is 9.89. The summed E-state index contributed by atoms with van der Waals surface area (Å²) in [5, 5.41) is 2.84. The van der Waals surface area contributed by atoms with E-state index in [4.69, 9.17) is 18.6 Å². The summed E-state index contributed by atoms with van der Waals surface area (Å²) in [5.41, 5.74) is -0.649. The Morgan fingerprint density at radius 1 is 1.08 bits per heavy atom. The van der Waals surface area contributed by atoms with Crippen LogP contribution in [-0.2, 0) is 18.7 Å². The summed E-state index contributed by atoms with van der Waals surface area (Å²) < 4.78 is 24.1. The zero-order valence-corrected chi connectivity index (χ0v) is 24.7. The Balaban J connectivity index is 2.19. The summed E-state index contributed by atoms with van der Waals surface area (Å²) in [6, 6.07) is 8.86. The molecule has 8 heteroatoms. The molecular weight excluding hydrogens is 474 g/mol. The van der Waals surface area contributed by atoms with Gasteiger partial charge in [0.15, 0.2) is 8.32 Å². The number of para-hydroxylation sites is 1. The Bertz CT molecular complexity index is 846. The van der Waals surface area contributed by atoms with Crippen molar-refractivity contribution >= 4 is 20.4 Å². The third-order valence-electron chi connectivity index (χ3n) is 7.05. The average molecular weight is 522 g/mol. The number of cyclic esters (lactones) is 1. The van der Waals surface area contributed by atoms with E-state index in [1.54, 1.807) is 20.8 Å². The van der Waals surface area contributed by atoms with Gasteiger partial charge in [-0.2, -0.15) is 0 Å². The van der Waals surface area contributed by atoms with Gasteiger partial charge in [-0.05, 0) is 77.2 Å². The number of alkyl carbamates (subject to hydrolysis) is 1. The Kier molecular flexibility index (Phi) is 10.4. The molecule has 1 aromatic carbocycles. The van der Waals surface area contributed by atoms with Gasteiger partial charge in [-0.15, -0.1) is 0 Å². The fourth-order valence-corrected chi connectivity index (χ4v) is 5.06. The normalized spacial score (nSPS) is 24.1. The minimum Gasteiger partial charge on any atom is -0.486 e. The first-order valence-corrected chi connectivity index (χ1v) is 16.1. The number of nitrogens with one attached hydrogen (secondary N) is 1. The molecule has 0 saturated carbocycles. The fourth-order valence-electron chi connectivity index (χ4n) is 4.00. The summed E-state index contributed by atoms with van der Waals surface area (Å²) >= 11 is 0. The van der Waals surface area contributed by atoms with Gasteiger partial charge in [0.25, 0.3) is 0 Å². The van der Waals surface area contributed by atoms with Crippen LogP contribution in [0.3, 0.4) is 0 Å². The summed E-state index contributed by atoms with van der Waals surface area (Å²) in [6.45, 7) is 19.1. The molecular formula is C28H47NO6Si. The Morgan fingerprint density at radius 3 is 2.31 bits per heavy atom. The fraction of sp³-hybridized carbons (Fsp3) is 0.714. The molecule has 0 unspecified atom stereocenters. The monoisotopic (exact) mass is 521 g/mol. The minimum absolute atomic E-state index is 0.123. The summed E-state index contributed by atoms with van der Waals surface area (Å²) in [6.07, 6.45) is 1.38. The van der Waals surface area contributed by atoms with Crippen molar-refractivity contribution in [1.29, 1.82) is 0 Å². The largest absolute Gasteiger partial charge is 0.486 e. The molecule has 204 valence electrons. The maximum atomic E-state index is 13.0. The second-order valence-corrected chi connectivity index (χ2v) is 17.1. The molecule has 0 aliphatic carbocycles. The van der Waals surface area contributed by atoms with Crippen LogP contribution in [0.2, 0.25) is 18.1 Å². The summed E-state index contributed by atoms with van der Waals surface area (Å²) in [5.74, 6) is 0.398. The Hall–Kier alpha value is -2.06. The Morgan fingerprint density at radius 2 is 1.72 bits per heavy atom. The van der Waals surface area contributed by atoms with E-state index in [0.29, 0.717) is 13.0 Å². The van der Waals surface area contributed by atoms with Crippen molar-refractivity contribution in [1.82, 2.24) is 5.32 Å². The number of hydrogen-bond donors (Lipinski definition) is 1. The molecule has 7 nitrogen and oxygen atoms in total. The van der Waals surface area contributed by atoms with Crippen molar-refractivity contribution in [3.8, 4) is 5.75 Å². The molecule has 0 spiro atoms. The van der Waals surface area contributed by atoms with Crippen LogP contribution in [0.15, 0.2) is 30.3 Å². The molecule has 36 heavy (non-hydrogen) atoms. The van der Waals surface area contributed by atoms with Crippen molar-refractivity contribution in [2.24, 2.45) is 5.92 Å². The molecule has 4 atom stereocenters. The molecule has 1 heterocycles. The number of rotatable bonds is 7. The van der Waals surface area contributed by atoms with E-state index in [9.17, 15) is 9.59 Å². The smallest absolute Gasteiger partial charge is 0.408 e. The van der Waals surface area contributed by atoms with Crippen molar-refractivity contribution < 1.29 is 28.2 Å². The van der Waals surface area contributed by atoms with Gasteiger partial charge in [0.05, 0.1) is 0 Å². The number of benzene rings is 1. The first kappa shape index (κ1) is 30.2. The van der Waals surface area contributed by atoms with E-state index in [-0.39, 0.29) is 17.1 Å². The lowest BCUT2D eigenvalue weighted by molar-refractivity contribution is -0.156. The quantitative estimate of drug-likeness (QED) is 0.327. The van der Waals surface area contributed by atoms with E-state index in [1.807, 2.05) is 37.3 Å². The first-order chi connectivity index (χ1) is 16.6. The zero-order chi connectivity index (χ0) is 27.1. The van der Waals surface area contributed by atoms with Crippen LogP contribution >= 0.6 is 0 Å². The minimum atomic E-state index is -1.88. The maximum Gasteiger partial charge on any atom is 0.408 e. The molecule has 1 saturated heterocycles. The highest BCUT2D eigenvalue weighted by Crippen LogP contribution is 2.37. The van der Waals surface area contributed by atoms with Gasteiger partial charge < -0.3 is 24.0 Å². The zero-order valence-electron chi connectivity index (χ0n) is 23.7. The van der Waals surface area contributed by atoms with Crippen LogP contribution in [0, 0.1) is 5.92 Å². The highest BCUT2D eigenvalue weighted by Gasteiger charge is 2.39. The highest BCUT2D eigenvalue weighted by atomic mass is 28.4. The van der Waals surface area contributed by atoms with E-state index in [1.165, 1.54) is 0 Å². The van der Waals surface area contributed by atoms with Gasteiger partial charge in [0.2, 0.25) is 0 Å². The number of ether oxygens (including phenoxy) is 3. The van der Waals surface area contributed by atoms with Crippen LogP contribution in [0.5, 0.6) is 5.75 Å². The third-order valence-corrected chi connectivity index (χ3v) is 11.6. The van der Waals surface area contributed by atoms with Crippen molar-refractivity contribution in [3.63, 3.8) is 0 Å². The molecule has 1 aliphatic heterocycles. The van der Waals surface area contributed by atoms with Crippen molar-refractivity contribution in [3.05, 3.63) is 30.3 Å². The number of carbonyl (C=O) groups excluding carboxylic acids is 2. The summed E-state index contributed by atoms with van der Waals surface area (Å²) in [4.78, 5) is 25.4. The predicted octanol–water partition coefficient (Wildman–Crippen LogP) is 6.47. The molecule has 1 fully saturated rings. The van der Waals surface area contributed by atoms with Crippen LogP contribution in [0.4, 0.5) is 4.79 Å². The topological polar surface area (TPSA) is 83.1 Å². The van der Waals surface area contributed by atoms with Gasteiger partial charge >= 0.3 is 12.1 Å². The van der Waals surface area contributed by atoms with Gasteiger partial charge in [-0.25, -0.2) is 9.59 Å². The van der Waals surface area contributed by atoms with E-state index in [0.717, 1.165) is 25.0 Å². The van der Waals surface area contributed by atoms with Crippen molar-refractivity contribution in [2.75, 3.05) is 6.61 Å². The lowest BCUT2D eigenvalue weighted by Crippen LogP contribution is -2.46. The molecule has 0 radical (unpaired) electrons. The molecule has 1 amide bonds. The van der Waals surface area contributed by atoms with Gasteiger partial charge in [-0.3, -0.25) is 0 Å². The van der Waals surface area contributed by atoms with Gasteiger partial charge in [0.1, 0.15) is 29.6 Å². The average Bonchev–Trinajstić information content (AvgIpc) is 2.78. The van der Waals surface area contributed by atoms with Crippen LogP contribution in [0.1, 0.15) is 74.1 Å². The third kappa shape index (κ3) is 9.43. The van der Waals surface area contributed by atoms with Gasteiger partial charge in [-0.1, -0.05) is 45.4 Å². The predicted molar refractivity (Wildman–Crippen MR) is 145 cm³/mol. The van der Waals surface area contributed by atoms with Crippen molar-refractivity contribution in [2.45, 2.75) is 116 Å². The second kappa shape index (κ2) is 12.5. The molecule has 0 aromatic heterocycles. The maximum absolute atomic E-state index is 13.0. The van der Waals surface area contributed by atoms with Crippen LogP contribution < -0.4 is 10.1 Å². The van der Waals surface area contributed by atoms with E-state index >= 15 is 0 Å². The molecule has 0 bridgehead atoms. The lowest BCUT2D eigenvalue weighted by Gasteiger charge is -2.37. The summed E-state index contributed by atoms with van der Waals surface area (Å²) in [7, 11) is -1.88. The van der Waals surface area contributed by atoms with Crippen LogP contribution in [-0.4, -0.2) is 50.8 Å². The standard InChI is InChI=1S/C28H47NO6Si/c1-20-24(34-22-15-11-10-12-16-22)21(18-19-32-36(8,9)28(5,6)7)14-13-17-23(25(30)33-20)29-26(31)35-27(2,3)4/h10-12,15-16,20-21,23-24H,13-14,17-19H2,1-9H3,(H,29,31)/t20-,21+,23-,24-/m0/s1. The molecule has 2 rings (SSSR count). The number of hydrogen-bond acceptors (Lipinski definition) is 6. The van der Waals surface area contributed by atoms with Gasteiger partial charge in [0, 0.05) is 12.5 Å². The van der Waals surface area contributed by atoms with E-state index < -0.39 is 38.1 Å².